The molecule has 1 aliphatic heterocycles. The fraction of sp³-hybridized carbons (Fsp3) is 0.833. The second-order valence-electron chi connectivity index (χ2n) is 2.43. The van der Waals surface area contributed by atoms with Gasteiger partial charge in [-0.3, -0.25) is 4.79 Å². The highest BCUT2D eigenvalue weighted by Crippen LogP contribution is 1.94. The Kier molecular flexibility index (Phi) is 2.65. The van der Waals surface area contributed by atoms with Crippen molar-refractivity contribution in [2.75, 3.05) is 26.2 Å². The number of hydrogen-bond donors (Lipinski definition) is 2. The molecule has 4 nitrogen and oxygen atoms in total. The van der Waals surface area contributed by atoms with Crippen LogP contribution in [-0.2, 0) is 4.79 Å². The maximum Gasteiger partial charge on any atom is 0.209 e. The van der Waals surface area contributed by atoms with Crippen LogP contribution in [0.2, 0.25) is 0 Å². The smallest absolute Gasteiger partial charge is 0.209 e. The Morgan fingerprint density at radius 2 is 2.60 bits per heavy atom. The van der Waals surface area contributed by atoms with Gasteiger partial charge in [-0.2, -0.15) is 0 Å². The quantitative estimate of drug-likeness (QED) is 0.459. The van der Waals surface area contributed by atoms with Crippen molar-refractivity contribution in [3.63, 3.8) is 0 Å². The lowest BCUT2D eigenvalue weighted by atomic mass is 10.2. The van der Waals surface area contributed by atoms with Crippen molar-refractivity contribution in [1.82, 2.24) is 10.2 Å². The normalized spacial score (nSPS) is 26.5. The number of aliphatic hydroxyl groups is 1. The minimum absolute atomic E-state index is 0.0685. The molecule has 0 aromatic carbocycles. The maximum atomic E-state index is 10.2. The van der Waals surface area contributed by atoms with Gasteiger partial charge in [0.1, 0.15) is 0 Å². The lowest BCUT2D eigenvalue weighted by Gasteiger charge is -2.29. The van der Waals surface area contributed by atoms with E-state index in [0.29, 0.717) is 6.54 Å². The summed E-state index contributed by atoms with van der Waals surface area (Å²) in [5.41, 5.74) is 0. The summed E-state index contributed by atoms with van der Waals surface area (Å²) in [4.78, 5) is 11.9. The molecular weight excluding hydrogens is 132 g/mol. The highest BCUT2D eigenvalue weighted by atomic mass is 16.3. The number of hydrogen-bond acceptors (Lipinski definition) is 3. The first-order valence-corrected chi connectivity index (χ1v) is 3.40. The Bertz CT molecular complexity index is 118. The zero-order valence-corrected chi connectivity index (χ0v) is 5.79. The summed E-state index contributed by atoms with van der Waals surface area (Å²) >= 11 is 0. The average molecular weight is 144 g/mol. The molecule has 4 heteroatoms. The van der Waals surface area contributed by atoms with Gasteiger partial charge in [-0.15, -0.1) is 0 Å². The summed E-state index contributed by atoms with van der Waals surface area (Å²) in [6, 6.07) is 0.0685. The van der Waals surface area contributed by atoms with Crippen LogP contribution in [0.15, 0.2) is 0 Å². The van der Waals surface area contributed by atoms with Crippen molar-refractivity contribution in [2.24, 2.45) is 0 Å². The van der Waals surface area contributed by atoms with Crippen LogP contribution in [0.3, 0.4) is 0 Å². The van der Waals surface area contributed by atoms with E-state index in [0.717, 1.165) is 19.5 Å². The van der Waals surface area contributed by atoms with Crippen molar-refractivity contribution < 1.29 is 9.90 Å². The molecule has 1 amide bonds. The summed E-state index contributed by atoms with van der Waals surface area (Å²) in [5.74, 6) is 0. The van der Waals surface area contributed by atoms with Gasteiger partial charge in [0.2, 0.25) is 6.41 Å². The summed E-state index contributed by atoms with van der Waals surface area (Å²) in [6.07, 6.45) is 0.823. The fourth-order valence-corrected chi connectivity index (χ4v) is 1.07. The van der Waals surface area contributed by atoms with Crippen LogP contribution in [-0.4, -0.2) is 48.7 Å². The topological polar surface area (TPSA) is 52.6 Å². The number of carbonyl (C=O) groups is 1. The van der Waals surface area contributed by atoms with Crippen molar-refractivity contribution in [3.8, 4) is 0 Å². The Hall–Kier alpha value is -0.610. The summed E-state index contributed by atoms with van der Waals surface area (Å²) in [6.45, 7) is 2.26. The van der Waals surface area contributed by atoms with E-state index < -0.39 is 0 Å². The molecule has 0 aromatic heterocycles. The van der Waals surface area contributed by atoms with Crippen LogP contribution in [0.25, 0.3) is 0 Å². The maximum absolute atomic E-state index is 10.2. The number of amides is 1. The zero-order valence-electron chi connectivity index (χ0n) is 5.79. The van der Waals surface area contributed by atoms with Crippen molar-refractivity contribution in [1.29, 1.82) is 0 Å². The van der Waals surface area contributed by atoms with Gasteiger partial charge in [0, 0.05) is 25.7 Å². The molecule has 2 N–H and O–H groups in total. The molecule has 0 aliphatic carbocycles. The van der Waals surface area contributed by atoms with Gasteiger partial charge in [-0.25, -0.2) is 0 Å². The van der Waals surface area contributed by atoms with Crippen LogP contribution in [0.4, 0.5) is 0 Å². The van der Waals surface area contributed by atoms with Crippen molar-refractivity contribution >= 4 is 6.41 Å². The van der Waals surface area contributed by atoms with E-state index in [4.69, 9.17) is 5.11 Å². The van der Waals surface area contributed by atoms with Gasteiger partial charge in [0.25, 0.3) is 0 Å². The van der Waals surface area contributed by atoms with Crippen molar-refractivity contribution in [2.45, 2.75) is 6.04 Å². The first kappa shape index (κ1) is 7.50. The third-order valence-corrected chi connectivity index (χ3v) is 1.66. The van der Waals surface area contributed by atoms with Crippen molar-refractivity contribution in [3.05, 3.63) is 0 Å². The van der Waals surface area contributed by atoms with Gasteiger partial charge >= 0.3 is 0 Å². The number of aliphatic hydroxyl groups excluding tert-OH is 1. The van der Waals surface area contributed by atoms with Gasteiger partial charge in [-0.1, -0.05) is 0 Å². The first-order chi connectivity index (χ1) is 4.86. The van der Waals surface area contributed by atoms with Crippen LogP contribution in [0.5, 0.6) is 0 Å². The van der Waals surface area contributed by atoms with E-state index in [1.165, 1.54) is 0 Å². The highest BCUT2D eigenvalue weighted by molar-refractivity contribution is 5.47. The predicted molar refractivity (Wildman–Crippen MR) is 36.5 cm³/mol. The monoisotopic (exact) mass is 144 g/mol. The molecule has 0 unspecified atom stereocenters. The van der Waals surface area contributed by atoms with Crippen LogP contribution >= 0.6 is 0 Å². The molecule has 1 aliphatic rings. The number of rotatable bonds is 2. The third-order valence-electron chi connectivity index (χ3n) is 1.66. The number of carbonyl (C=O) groups excluding carboxylic acids is 1. The second kappa shape index (κ2) is 3.53. The first-order valence-electron chi connectivity index (χ1n) is 3.40. The van der Waals surface area contributed by atoms with Gasteiger partial charge in [-0.05, 0) is 0 Å². The van der Waals surface area contributed by atoms with E-state index >= 15 is 0 Å². The van der Waals surface area contributed by atoms with E-state index in [2.05, 4.69) is 5.32 Å². The van der Waals surface area contributed by atoms with Crippen LogP contribution < -0.4 is 5.32 Å². The lowest BCUT2D eigenvalue weighted by Crippen LogP contribution is -2.51. The number of nitrogens with one attached hydrogen (secondary N) is 1. The SMILES string of the molecule is O=CN1CCN[C@@H](CO)C1. The third kappa shape index (κ3) is 1.68. The Morgan fingerprint density at radius 1 is 1.80 bits per heavy atom. The summed E-state index contributed by atoms with van der Waals surface area (Å²) in [7, 11) is 0. The molecule has 1 saturated heterocycles. The predicted octanol–water partition coefficient (Wildman–Crippen LogP) is -1.59. The molecule has 0 bridgehead atoms. The number of nitrogens with zero attached hydrogens (tertiary/aromatic N) is 1. The molecule has 10 heavy (non-hydrogen) atoms. The molecule has 1 rings (SSSR count). The summed E-state index contributed by atoms with van der Waals surface area (Å²) in [5, 5.41) is 11.8. The highest BCUT2D eigenvalue weighted by Gasteiger charge is 2.15. The van der Waals surface area contributed by atoms with Gasteiger partial charge in [0.05, 0.1) is 6.61 Å². The molecule has 1 heterocycles. The second-order valence-corrected chi connectivity index (χ2v) is 2.43. The Balaban J connectivity index is 2.31. The largest absolute Gasteiger partial charge is 0.395 e. The minimum Gasteiger partial charge on any atom is -0.395 e. The van der Waals surface area contributed by atoms with Gasteiger partial charge < -0.3 is 15.3 Å². The Labute approximate surface area is 59.8 Å². The standard InChI is InChI=1S/C6H12N2O2/c9-4-6-3-8(5-10)2-1-7-6/h5-7,9H,1-4H2/t6-/m1/s1. The van der Waals surface area contributed by atoms with Crippen LogP contribution in [0.1, 0.15) is 0 Å². The molecular formula is C6H12N2O2. The Morgan fingerprint density at radius 3 is 3.20 bits per heavy atom. The van der Waals surface area contributed by atoms with Crippen LogP contribution in [0, 0.1) is 0 Å². The van der Waals surface area contributed by atoms with E-state index in [1.54, 1.807) is 4.90 Å². The zero-order chi connectivity index (χ0) is 7.40. The molecule has 0 spiro atoms. The fourth-order valence-electron chi connectivity index (χ4n) is 1.07. The average Bonchev–Trinajstić information content (AvgIpc) is 2.05. The van der Waals surface area contributed by atoms with Gasteiger partial charge in [0.15, 0.2) is 0 Å². The molecule has 1 atom stereocenters. The molecule has 0 aromatic rings. The molecule has 1 fully saturated rings. The molecule has 0 radical (unpaired) electrons. The van der Waals surface area contributed by atoms with E-state index in [9.17, 15) is 4.79 Å². The lowest BCUT2D eigenvalue weighted by molar-refractivity contribution is -0.119. The van der Waals surface area contributed by atoms with E-state index in [1.807, 2.05) is 0 Å². The van der Waals surface area contributed by atoms with E-state index in [-0.39, 0.29) is 12.6 Å². The molecule has 58 valence electrons. The number of piperazine rings is 1. The summed E-state index contributed by atoms with van der Waals surface area (Å²) < 4.78 is 0. The minimum atomic E-state index is 0.0685. The molecule has 0 saturated carbocycles.